The lowest BCUT2D eigenvalue weighted by atomic mass is 10.1. The van der Waals surface area contributed by atoms with Gasteiger partial charge in [-0.15, -0.1) is 0 Å². The number of nitro groups is 1. The smallest absolute Gasteiger partial charge is 0.308 e. The average molecular weight is 300 g/mol. The third kappa shape index (κ3) is 2.65. The quantitative estimate of drug-likeness (QED) is 0.638. The van der Waals surface area contributed by atoms with Gasteiger partial charge in [0.2, 0.25) is 5.03 Å². The van der Waals surface area contributed by atoms with E-state index in [2.05, 4.69) is 4.98 Å². The molecule has 0 amide bonds. The molecule has 1 saturated heterocycles. The van der Waals surface area contributed by atoms with Crippen molar-refractivity contribution in [3.8, 4) is 0 Å². The number of sulfonamides is 1. The molecule has 1 aliphatic rings. The lowest BCUT2D eigenvalue weighted by Gasteiger charge is -2.33. The van der Waals surface area contributed by atoms with Crippen LogP contribution in [0.4, 0.5) is 5.69 Å². The molecule has 0 unspecified atom stereocenters. The Labute approximate surface area is 116 Å². The maximum absolute atomic E-state index is 12.6. The van der Waals surface area contributed by atoms with Crippen LogP contribution < -0.4 is 5.73 Å². The molecule has 1 aromatic heterocycles. The minimum absolute atomic E-state index is 0.194. The molecule has 2 heterocycles. The number of hydrogen-bond acceptors (Lipinski definition) is 6. The van der Waals surface area contributed by atoms with Gasteiger partial charge in [-0.3, -0.25) is 10.1 Å². The summed E-state index contributed by atoms with van der Waals surface area (Å²) in [5.41, 5.74) is 5.10. The topological polar surface area (TPSA) is 119 Å². The van der Waals surface area contributed by atoms with Crippen molar-refractivity contribution in [1.29, 1.82) is 0 Å². The predicted molar refractivity (Wildman–Crippen MR) is 71.5 cm³/mol. The Morgan fingerprint density at radius 2 is 2.25 bits per heavy atom. The molecule has 20 heavy (non-hydrogen) atoms. The summed E-state index contributed by atoms with van der Waals surface area (Å²) >= 11 is 0. The zero-order valence-electron chi connectivity index (χ0n) is 10.8. The number of nitrogens with two attached hydrogens (primary N) is 1. The molecule has 0 spiro atoms. The SMILES string of the molecule is NC[C@@H]1CCCCN1S(=O)(=O)c1ncccc1[N+](=O)[O-]. The van der Waals surface area contributed by atoms with Crippen LogP contribution in [-0.4, -0.2) is 41.8 Å². The minimum atomic E-state index is -4.00. The molecule has 1 aliphatic heterocycles. The van der Waals surface area contributed by atoms with Crippen molar-refractivity contribution in [3.63, 3.8) is 0 Å². The van der Waals surface area contributed by atoms with E-state index in [0.29, 0.717) is 13.0 Å². The van der Waals surface area contributed by atoms with Crippen LogP contribution in [0.3, 0.4) is 0 Å². The molecule has 2 N–H and O–H groups in total. The lowest BCUT2D eigenvalue weighted by molar-refractivity contribution is -0.388. The number of rotatable bonds is 4. The molecule has 0 bridgehead atoms. The Morgan fingerprint density at radius 3 is 2.90 bits per heavy atom. The third-order valence-corrected chi connectivity index (χ3v) is 5.25. The van der Waals surface area contributed by atoms with Crippen molar-refractivity contribution in [2.75, 3.05) is 13.1 Å². The van der Waals surface area contributed by atoms with E-state index in [-0.39, 0.29) is 12.6 Å². The summed E-state index contributed by atoms with van der Waals surface area (Å²) in [7, 11) is -4.00. The van der Waals surface area contributed by atoms with Gasteiger partial charge in [-0.25, -0.2) is 13.4 Å². The number of piperidine rings is 1. The van der Waals surface area contributed by atoms with Crippen molar-refractivity contribution in [2.24, 2.45) is 5.73 Å². The van der Waals surface area contributed by atoms with Crippen LogP contribution in [0.2, 0.25) is 0 Å². The van der Waals surface area contributed by atoms with Crippen LogP contribution in [0.15, 0.2) is 23.4 Å². The Hall–Kier alpha value is -1.58. The largest absolute Gasteiger partial charge is 0.329 e. The molecule has 9 heteroatoms. The first-order valence-corrected chi connectivity index (χ1v) is 7.74. The van der Waals surface area contributed by atoms with Crippen molar-refractivity contribution in [2.45, 2.75) is 30.3 Å². The normalized spacial score (nSPS) is 20.8. The summed E-state index contributed by atoms with van der Waals surface area (Å²) in [6.07, 6.45) is 3.52. The van der Waals surface area contributed by atoms with Gasteiger partial charge >= 0.3 is 5.69 Å². The molecule has 1 fully saturated rings. The van der Waals surface area contributed by atoms with Crippen LogP contribution in [0.5, 0.6) is 0 Å². The van der Waals surface area contributed by atoms with Gasteiger partial charge in [0, 0.05) is 31.4 Å². The molecule has 2 rings (SSSR count). The van der Waals surface area contributed by atoms with Crippen LogP contribution in [0.25, 0.3) is 0 Å². The first-order chi connectivity index (χ1) is 9.48. The average Bonchev–Trinajstić information content (AvgIpc) is 2.47. The molecule has 1 atom stereocenters. The minimum Gasteiger partial charge on any atom is -0.329 e. The summed E-state index contributed by atoms with van der Waals surface area (Å²) in [4.78, 5) is 13.9. The van der Waals surface area contributed by atoms with Crippen molar-refractivity contribution in [3.05, 3.63) is 28.4 Å². The van der Waals surface area contributed by atoms with Crippen LogP contribution in [0.1, 0.15) is 19.3 Å². The molecular weight excluding hydrogens is 284 g/mol. The van der Waals surface area contributed by atoms with E-state index >= 15 is 0 Å². The molecule has 0 radical (unpaired) electrons. The van der Waals surface area contributed by atoms with Crippen LogP contribution in [0, 0.1) is 10.1 Å². The first-order valence-electron chi connectivity index (χ1n) is 6.30. The number of aromatic nitrogens is 1. The second-order valence-corrected chi connectivity index (χ2v) is 6.39. The predicted octanol–water partition coefficient (Wildman–Crippen LogP) is 0.492. The number of nitrogens with zero attached hydrogens (tertiary/aromatic N) is 3. The molecule has 0 saturated carbocycles. The van der Waals surface area contributed by atoms with Crippen molar-refractivity contribution >= 4 is 15.7 Å². The highest BCUT2D eigenvalue weighted by Gasteiger charge is 2.37. The molecule has 0 aliphatic carbocycles. The first kappa shape index (κ1) is 14.8. The number of hydrogen-bond donors (Lipinski definition) is 1. The van der Waals surface area contributed by atoms with E-state index in [1.165, 1.54) is 16.6 Å². The Kier molecular flexibility index (Phi) is 4.31. The standard InChI is InChI=1S/C11H16N4O4S/c12-8-9-4-1-2-7-14(9)20(18,19)11-10(15(16)17)5-3-6-13-11/h3,5-6,9H,1-2,4,7-8,12H2/t9-/m0/s1. The maximum Gasteiger partial charge on any atom is 0.308 e. The molecule has 0 aromatic carbocycles. The lowest BCUT2D eigenvalue weighted by Crippen LogP contribution is -2.47. The highest BCUT2D eigenvalue weighted by atomic mass is 32.2. The zero-order chi connectivity index (χ0) is 14.8. The second-order valence-electron chi connectivity index (χ2n) is 4.59. The van der Waals surface area contributed by atoms with Gasteiger partial charge in [-0.2, -0.15) is 4.31 Å². The van der Waals surface area contributed by atoms with Gasteiger partial charge in [0.05, 0.1) is 4.92 Å². The summed E-state index contributed by atoms with van der Waals surface area (Å²) in [6.45, 7) is 0.512. The van der Waals surface area contributed by atoms with Gasteiger partial charge in [0.1, 0.15) is 0 Å². The van der Waals surface area contributed by atoms with Crippen LogP contribution >= 0.6 is 0 Å². The fourth-order valence-electron chi connectivity index (χ4n) is 2.36. The van der Waals surface area contributed by atoms with E-state index in [1.54, 1.807) is 0 Å². The van der Waals surface area contributed by atoms with Gasteiger partial charge in [0.25, 0.3) is 10.0 Å². The van der Waals surface area contributed by atoms with Gasteiger partial charge in [-0.05, 0) is 18.9 Å². The van der Waals surface area contributed by atoms with E-state index in [1.807, 2.05) is 0 Å². The van der Waals surface area contributed by atoms with Crippen molar-refractivity contribution < 1.29 is 13.3 Å². The molecular formula is C11H16N4O4S. The van der Waals surface area contributed by atoms with Crippen LogP contribution in [-0.2, 0) is 10.0 Å². The summed E-state index contributed by atoms with van der Waals surface area (Å²) in [5, 5.41) is 10.5. The van der Waals surface area contributed by atoms with Crippen molar-refractivity contribution in [1.82, 2.24) is 9.29 Å². The van der Waals surface area contributed by atoms with E-state index in [0.717, 1.165) is 18.9 Å². The van der Waals surface area contributed by atoms with Gasteiger partial charge in [0.15, 0.2) is 0 Å². The fraction of sp³-hybridized carbons (Fsp3) is 0.545. The van der Waals surface area contributed by atoms with E-state index < -0.39 is 25.7 Å². The molecule has 110 valence electrons. The second kappa shape index (κ2) is 5.81. The summed E-state index contributed by atoms with van der Waals surface area (Å²) < 4.78 is 26.4. The van der Waals surface area contributed by atoms with E-state index in [9.17, 15) is 18.5 Å². The molecule has 1 aromatic rings. The van der Waals surface area contributed by atoms with Gasteiger partial charge < -0.3 is 5.73 Å². The molecule has 8 nitrogen and oxygen atoms in total. The third-order valence-electron chi connectivity index (χ3n) is 3.35. The number of pyridine rings is 1. The monoisotopic (exact) mass is 300 g/mol. The highest BCUT2D eigenvalue weighted by Crippen LogP contribution is 2.28. The maximum atomic E-state index is 12.6. The fourth-order valence-corrected chi connectivity index (χ4v) is 4.13. The summed E-state index contributed by atoms with van der Waals surface area (Å²) in [5.74, 6) is 0. The van der Waals surface area contributed by atoms with E-state index in [4.69, 9.17) is 5.73 Å². The van der Waals surface area contributed by atoms with Gasteiger partial charge in [-0.1, -0.05) is 6.42 Å². The Morgan fingerprint density at radius 1 is 1.50 bits per heavy atom. The highest BCUT2D eigenvalue weighted by molar-refractivity contribution is 7.89. The zero-order valence-corrected chi connectivity index (χ0v) is 11.6. The summed E-state index contributed by atoms with van der Waals surface area (Å²) in [6, 6.07) is 2.16. The Bertz CT molecular complexity index is 604. The Balaban J connectivity index is 2.47.